The Balaban J connectivity index is 1.81. The molecule has 0 aliphatic heterocycles. The lowest BCUT2D eigenvalue weighted by Gasteiger charge is -2.11. The summed E-state index contributed by atoms with van der Waals surface area (Å²) in [7, 11) is 1.64. The van der Waals surface area contributed by atoms with Gasteiger partial charge in [-0.2, -0.15) is 0 Å². The molecule has 0 aromatic heterocycles. The monoisotopic (exact) mass is 313 g/mol. The van der Waals surface area contributed by atoms with E-state index in [1.807, 2.05) is 55.5 Å². The lowest BCUT2D eigenvalue weighted by Crippen LogP contribution is -2.23. The molecule has 122 valence electrons. The Morgan fingerprint density at radius 3 is 2.52 bits per heavy atom. The number of aryl methyl sites for hydroxylation is 1. The Morgan fingerprint density at radius 2 is 1.83 bits per heavy atom. The van der Waals surface area contributed by atoms with Crippen LogP contribution < -0.4 is 14.8 Å². The Labute approximate surface area is 137 Å². The van der Waals surface area contributed by atoms with Crippen LogP contribution in [0, 0.1) is 0 Å². The first-order valence-corrected chi connectivity index (χ1v) is 7.83. The number of carbonyl (C=O) groups excluding carboxylic acids is 1. The highest BCUT2D eigenvalue weighted by molar-refractivity contribution is 5.76. The average molecular weight is 313 g/mol. The van der Waals surface area contributed by atoms with Crippen molar-refractivity contribution in [3.8, 4) is 11.5 Å². The lowest BCUT2D eigenvalue weighted by molar-refractivity contribution is -0.121. The summed E-state index contributed by atoms with van der Waals surface area (Å²) in [5.74, 6) is 1.68. The summed E-state index contributed by atoms with van der Waals surface area (Å²) in [6, 6.07) is 15.5. The van der Waals surface area contributed by atoms with Gasteiger partial charge in [0.15, 0.2) is 0 Å². The molecular weight excluding hydrogens is 290 g/mol. The molecular formula is C19H23NO3. The molecule has 0 aliphatic carbocycles. The van der Waals surface area contributed by atoms with E-state index in [9.17, 15) is 4.79 Å². The molecule has 0 unspecified atom stereocenters. The molecule has 0 fully saturated rings. The molecule has 2 aromatic rings. The van der Waals surface area contributed by atoms with Crippen LogP contribution in [0.1, 0.15) is 24.5 Å². The van der Waals surface area contributed by atoms with Crippen LogP contribution in [0.25, 0.3) is 0 Å². The lowest BCUT2D eigenvalue weighted by atomic mass is 10.1. The molecule has 0 radical (unpaired) electrons. The van der Waals surface area contributed by atoms with E-state index in [2.05, 4.69) is 5.32 Å². The molecule has 0 bridgehead atoms. The maximum absolute atomic E-state index is 12.0. The third-order valence-corrected chi connectivity index (χ3v) is 3.55. The number of methoxy groups -OCH3 is 1. The van der Waals surface area contributed by atoms with Gasteiger partial charge < -0.3 is 14.8 Å². The van der Waals surface area contributed by atoms with Crippen LogP contribution in [0.2, 0.25) is 0 Å². The van der Waals surface area contributed by atoms with Gasteiger partial charge >= 0.3 is 0 Å². The van der Waals surface area contributed by atoms with E-state index in [0.29, 0.717) is 26.0 Å². The van der Waals surface area contributed by atoms with Gasteiger partial charge in [0.25, 0.3) is 0 Å². The van der Waals surface area contributed by atoms with Gasteiger partial charge in [-0.3, -0.25) is 4.79 Å². The van der Waals surface area contributed by atoms with E-state index in [1.165, 1.54) is 0 Å². The van der Waals surface area contributed by atoms with Crippen molar-refractivity contribution in [3.05, 3.63) is 59.7 Å². The van der Waals surface area contributed by atoms with E-state index < -0.39 is 0 Å². The Bertz CT molecular complexity index is 623. The summed E-state index contributed by atoms with van der Waals surface area (Å²) in [6.07, 6.45) is 1.17. The van der Waals surface area contributed by atoms with E-state index in [1.54, 1.807) is 7.11 Å². The molecule has 2 aromatic carbocycles. The maximum atomic E-state index is 12.0. The summed E-state index contributed by atoms with van der Waals surface area (Å²) in [4.78, 5) is 12.0. The first kappa shape index (κ1) is 16.9. The molecule has 23 heavy (non-hydrogen) atoms. The van der Waals surface area contributed by atoms with Crippen molar-refractivity contribution < 1.29 is 14.3 Å². The van der Waals surface area contributed by atoms with E-state index in [0.717, 1.165) is 22.6 Å². The van der Waals surface area contributed by atoms with Gasteiger partial charge in [-0.25, -0.2) is 0 Å². The minimum Gasteiger partial charge on any atom is -0.497 e. The number of hydrogen-bond donors (Lipinski definition) is 1. The van der Waals surface area contributed by atoms with E-state index in [4.69, 9.17) is 9.47 Å². The Morgan fingerprint density at radius 1 is 1.09 bits per heavy atom. The van der Waals surface area contributed by atoms with E-state index >= 15 is 0 Å². The van der Waals surface area contributed by atoms with Gasteiger partial charge in [0.05, 0.1) is 13.7 Å². The van der Waals surface area contributed by atoms with Crippen LogP contribution in [-0.4, -0.2) is 19.6 Å². The molecule has 0 heterocycles. The fourth-order valence-electron chi connectivity index (χ4n) is 2.28. The molecule has 0 saturated carbocycles. The van der Waals surface area contributed by atoms with Gasteiger partial charge in [0.1, 0.15) is 11.5 Å². The third-order valence-electron chi connectivity index (χ3n) is 3.55. The summed E-state index contributed by atoms with van der Waals surface area (Å²) < 4.78 is 10.7. The molecule has 1 N–H and O–H groups in total. The van der Waals surface area contributed by atoms with Crippen LogP contribution in [0.5, 0.6) is 11.5 Å². The van der Waals surface area contributed by atoms with Crippen LogP contribution >= 0.6 is 0 Å². The minimum absolute atomic E-state index is 0.0344. The second-order valence-electron chi connectivity index (χ2n) is 5.17. The highest BCUT2D eigenvalue weighted by Crippen LogP contribution is 2.17. The van der Waals surface area contributed by atoms with Crippen LogP contribution in [-0.2, 0) is 17.8 Å². The average Bonchev–Trinajstić information content (AvgIpc) is 2.60. The molecule has 1 amide bonds. The number of nitrogens with one attached hydrogen (secondary N) is 1. The first-order chi connectivity index (χ1) is 11.2. The molecule has 4 nitrogen and oxygen atoms in total. The molecule has 0 saturated heterocycles. The highest BCUT2D eigenvalue weighted by Gasteiger charge is 2.06. The number of para-hydroxylation sites is 1. The van der Waals surface area contributed by atoms with Gasteiger partial charge in [0.2, 0.25) is 5.91 Å². The second kappa shape index (κ2) is 8.83. The number of ether oxygens (including phenoxy) is 2. The molecule has 0 spiro atoms. The Hall–Kier alpha value is -2.49. The van der Waals surface area contributed by atoms with Crippen molar-refractivity contribution >= 4 is 5.91 Å². The molecule has 0 atom stereocenters. The predicted molar refractivity (Wildman–Crippen MR) is 90.8 cm³/mol. The van der Waals surface area contributed by atoms with Gasteiger partial charge in [-0.15, -0.1) is 0 Å². The minimum atomic E-state index is 0.0344. The Kier molecular flexibility index (Phi) is 6.48. The van der Waals surface area contributed by atoms with Gasteiger partial charge in [0, 0.05) is 18.5 Å². The molecule has 4 heteroatoms. The van der Waals surface area contributed by atoms with Gasteiger partial charge in [-0.05, 0) is 37.1 Å². The predicted octanol–water partition coefficient (Wildman–Crippen LogP) is 3.34. The number of hydrogen-bond acceptors (Lipinski definition) is 3. The highest BCUT2D eigenvalue weighted by atomic mass is 16.5. The zero-order valence-corrected chi connectivity index (χ0v) is 13.7. The van der Waals surface area contributed by atoms with Crippen molar-refractivity contribution in [2.24, 2.45) is 0 Å². The fraction of sp³-hybridized carbons (Fsp3) is 0.316. The number of rotatable bonds is 8. The van der Waals surface area contributed by atoms with Crippen LogP contribution in [0.15, 0.2) is 48.5 Å². The van der Waals surface area contributed by atoms with Crippen molar-refractivity contribution in [2.45, 2.75) is 26.3 Å². The van der Waals surface area contributed by atoms with Crippen LogP contribution in [0.4, 0.5) is 0 Å². The number of benzene rings is 2. The van der Waals surface area contributed by atoms with Crippen molar-refractivity contribution in [1.82, 2.24) is 5.32 Å². The van der Waals surface area contributed by atoms with Crippen LogP contribution in [0.3, 0.4) is 0 Å². The zero-order chi connectivity index (χ0) is 16.5. The van der Waals surface area contributed by atoms with Crippen molar-refractivity contribution in [2.75, 3.05) is 13.7 Å². The van der Waals surface area contributed by atoms with Crippen molar-refractivity contribution in [1.29, 1.82) is 0 Å². The largest absolute Gasteiger partial charge is 0.497 e. The smallest absolute Gasteiger partial charge is 0.220 e. The summed E-state index contributed by atoms with van der Waals surface area (Å²) in [5, 5.41) is 2.95. The fourth-order valence-corrected chi connectivity index (χ4v) is 2.28. The molecule has 0 aliphatic rings. The van der Waals surface area contributed by atoms with Gasteiger partial charge in [-0.1, -0.05) is 30.3 Å². The quantitative estimate of drug-likeness (QED) is 0.813. The number of amides is 1. The standard InChI is InChI=1S/C19H23NO3/c1-3-23-18-7-5-4-6-16(18)14-20-19(21)13-10-15-8-11-17(22-2)12-9-15/h4-9,11-12H,3,10,13-14H2,1-2H3,(H,20,21). The first-order valence-electron chi connectivity index (χ1n) is 7.83. The summed E-state index contributed by atoms with van der Waals surface area (Å²) >= 11 is 0. The molecule has 2 rings (SSSR count). The van der Waals surface area contributed by atoms with E-state index in [-0.39, 0.29) is 5.91 Å². The third kappa shape index (κ3) is 5.33. The second-order valence-corrected chi connectivity index (χ2v) is 5.17. The number of carbonyl (C=O) groups is 1. The SMILES string of the molecule is CCOc1ccccc1CNC(=O)CCc1ccc(OC)cc1. The maximum Gasteiger partial charge on any atom is 0.220 e. The van der Waals surface area contributed by atoms with Crippen molar-refractivity contribution in [3.63, 3.8) is 0 Å². The summed E-state index contributed by atoms with van der Waals surface area (Å²) in [6.45, 7) is 3.05. The summed E-state index contributed by atoms with van der Waals surface area (Å²) in [5.41, 5.74) is 2.11. The normalized spacial score (nSPS) is 10.2. The zero-order valence-electron chi connectivity index (χ0n) is 13.7. The topological polar surface area (TPSA) is 47.6 Å².